The number of aromatic nitrogens is 2. The highest BCUT2D eigenvalue weighted by molar-refractivity contribution is 9.08. The van der Waals surface area contributed by atoms with E-state index < -0.39 is 0 Å². The van der Waals surface area contributed by atoms with Crippen molar-refractivity contribution in [1.29, 1.82) is 0 Å². The van der Waals surface area contributed by atoms with E-state index in [4.69, 9.17) is 11.6 Å². The SMILES string of the molecule is Clc1ncc(-c2cccnc2)cc1CBr. The fourth-order valence-electron chi connectivity index (χ4n) is 1.28. The number of pyridine rings is 2. The third-order valence-corrected chi connectivity index (χ3v) is 2.99. The van der Waals surface area contributed by atoms with E-state index in [0.29, 0.717) is 10.5 Å². The van der Waals surface area contributed by atoms with Crippen LogP contribution in [0.2, 0.25) is 5.15 Å². The maximum atomic E-state index is 5.93. The zero-order valence-corrected chi connectivity index (χ0v) is 10.2. The first-order valence-corrected chi connectivity index (χ1v) is 5.92. The molecule has 0 aliphatic rings. The van der Waals surface area contributed by atoms with Crippen LogP contribution in [0.1, 0.15) is 5.56 Å². The van der Waals surface area contributed by atoms with E-state index >= 15 is 0 Å². The monoisotopic (exact) mass is 282 g/mol. The molecule has 0 spiro atoms. The fraction of sp³-hybridized carbons (Fsp3) is 0.0909. The molecule has 0 saturated carbocycles. The van der Waals surface area contributed by atoms with E-state index in [1.807, 2.05) is 24.4 Å². The number of hydrogen-bond acceptors (Lipinski definition) is 2. The lowest BCUT2D eigenvalue weighted by molar-refractivity contribution is 1.25. The largest absolute Gasteiger partial charge is 0.264 e. The molecule has 0 radical (unpaired) electrons. The summed E-state index contributed by atoms with van der Waals surface area (Å²) in [6.07, 6.45) is 5.31. The van der Waals surface area contributed by atoms with Crippen LogP contribution in [0, 0.1) is 0 Å². The van der Waals surface area contributed by atoms with Crippen molar-refractivity contribution in [3.05, 3.63) is 47.5 Å². The summed E-state index contributed by atoms with van der Waals surface area (Å²) >= 11 is 9.30. The summed E-state index contributed by atoms with van der Waals surface area (Å²) in [5.41, 5.74) is 3.06. The standard InChI is InChI=1S/C11H8BrClN2/c12-5-9-4-10(7-15-11(9)13)8-2-1-3-14-6-8/h1-4,6-7H,5H2. The lowest BCUT2D eigenvalue weighted by Gasteiger charge is -2.04. The maximum absolute atomic E-state index is 5.93. The van der Waals surface area contributed by atoms with Crippen LogP contribution in [0.15, 0.2) is 36.8 Å². The Labute approximate surface area is 101 Å². The van der Waals surface area contributed by atoms with Gasteiger partial charge >= 0.3 is 0 Å². The van der Waals surface area contributed by atoms with E-state index in [1.54, 1.807) is 12.4 Å². The van der Waals surface area contributed by atoms with Crippen molar-refractivity contribution >= 4 is 27.5 Å². The van der Waals surface area contributed by atoms with E-state index in [9.17, 15) is 0 Å². The molecule has 2 rings (SSSR count). The van der Waals surface area contributed by atoms with Crippen LogP contribution in [-0.4, -0.2) is 9.97 Å². The zero-order valence-electron chi connectivity index (χ0n) is 7.82. The molecule has 76 valence electrons. The summed E-state index contributed by atoms with van der Waals surface area (Å²) in [6, 6.07) is 5.91. The quantitative estimate of drug-likeness (QED) is 0.620. The van der Waals surface area contributed by atoms with Gasteiger partial charge in [-0.3, -0.25) is 4.98 Å². The Balaban J connectivity index is 2.46. The molecule has 0 aliphatic heterocycles. The Hall–Kier alpha value is -0.930. The first-order chi connectivity index (χ1) is 7.31. The maximum Gasteiger partial charge on any atom is 0.133 e. The summed E-state index contributed by atoms with van der Waals surface area (Å²) in [7, 11) is 0. The minimum Gasteiger partial charge on any atom is -0.264 e. The highest BCUT2D eigenvalue weighted by Crippen LogP contribution is 2.23. The van der Waals surface area contributed by atoms with Crippen LogP contribution in [-0.2, 0) is 5.33 Å². The molecule has 15 heavy (non-hydrogen) atoms. The molecule has 2 heterocycles. The highest BCUT2D eigenvalue weighted by Gasteiger charge is 2.03. The molecule has 0 N–H and O–H groups in total. The molecule has 0 aromatic carbocycles. The van der Waals surface area contributed by atoms with Crippen molar-refractivity contribution in [2.75, 3.05) is 0 Å². The van der Waals surface area contributed by atoms with Gasteiger partial charge in [0.1, 0.15) is 5.15 Å². The first-order valence-electron chi connectivity index (χ1n) is 4.42. The van der Waals surface area contributed by atoms with Gasteiger partial charge in [-0.2, -0.15) is 0 Å². The molecule has 2 aromatic rings. The Kier molecular flexibility index (Phi) is 3.34. The summed E-state index contributed by atoms with van der Waals surface area (Å²) in [6.45, 7) is 0. The van der Waals surface area contributed by atoms with Crippen LogP contribution < -0.4 is 0 Å². The van der Waals surface area contributed by atoms with Crippen molar-refractivity contribution in [3.8, 4) is 11.1 Å². The van der Waals surface area contributed by atoms with Crippen molar-refractivity contribution in [2.45, 2.75) is 5.33 Å². The van der Waals surface area contributed by atoms with Crippen LogP contribution in [0.4, 0.5) is 0 Å². The fourth-order valence-corrected chi connectivity index (χ4v) is 2.04. The third-order valence-electron chi connectivity index (χ3n) is 2.05. The van der Waals surface area contributed by atoms with Gasteiger partial charge in [0.05, 0.1) is 0 Å². The Bertz CT molecular complexity index is 459. The van der Waals surface area contributed by atoms with Gasteiger partial charge in [0.2, 0.25) is 0 Å². The first kappa shape index (κ1) is 10.6. The number of alkyl halides is 1. The summed E-state index contributed by atoms with van der Waals surface area (Å²) < 4.78 is 0. The topological polar surface area (TPSA) is 25.8 Å². The van der Waals surface area contributed by atoms with Gasteiger partial charge in [-0.25, -0.2) is 4.98 Å². The molecule has 4 heteroatoms. The molecular formula is C11H8BrClN2. The van der Waals surface area contributed by atoms with E-state index in [1.165, 1.54) is 0 Å². The van der Waals surface area contributed by atoms with Crippen molar-refractivity contribution in [1.82, 2.24) is 9.97 Å². The Morgan fingerprint density at radius 3 is 2.80 bits per heavy atom. The van der Waals surface area contributed by atoms with Gasteiger partial charge in [0.15, 0.2) is 0 Å². The summed E-state index contributed by atoms with van der Waals surface area (Å²) in [5.74, 6) is 0. The van der Waals surface area contributed by atoms with E-state index in [0.717, 1.165) is 16.7 Å². The smallest absolute Gasteiger partial charge is 0.133 e. The van der Waals surface area contributed by atoms with Crippen molar-refractivity contribution < 1.29 is 0 Å². The molecule has 0 amide bonds. The van der Waals surface area contributed by atoms with Gasteiger partial charge in [-0.05, 0) is 12.1 Å². The number of halogens is 2. The molecule has 0 atom stereocenters. The van der Waals surface area contributed by atoms with Crippen LogP contribution in [0.25, 0.3) is 11.1 Å². The van der Waals surface area contributed by atoms with E-state index in [2.05, 4.69) is 25.9 Å². The molecule has 0 aliphatic carbocycles. The second-order valence-corrected chi connectivity index (χ2v) is 3.97. The summed E-state index contributed by atoms with van der Waals surface area (Å²) in [5, 5.41) is 1.24. The Morgan fingerprint density at radius 1 is 1.27 bits per heavy atom. The highest BCUT2D eigenvalue weighted by atomic mass is 79.9. The molecular weight excluding hydrogens is 275 g/mol. The second kappa shape index (κ2) is 4.73. The minimum atomic E-state index is 0.541. The van der Waals surface area contributed by atoms with Gasteiger partial charge in [-0.1, -0.05) is 33.6 Å². The normalized spacial score (nSPS) is 10.3. The summed E-state index contributed by atoms with van der Waals surface area (Å²) in [4.78, 5) is 8.20. The van der Waals surface area contributed by atoms with Gasteiger partial charge in [0, 0.05) is 40.6 Å². The van der Waals surface area contributed by atoms with Gasteiger partial charge in [-0.15, -0.1) is 0 Å². The number of rotatable bonds is 2. The van der Waals surface area contributed by atoms with Gasteiger partial charge < -0.3 is 0 Å². The van der Waals surface area contributed by atoms with Crippen LogP contribution in [0.5, 0.6) is 0 Å². The second-order valence-electron chi connectivity index (χ2n) is 3.05. The predicted molar refractivity (Wildman–Crippen MR) is 65.1 cm³/mol. The zero-order chi connectivity index (χ0) is 10.7. The number of hydrogen-bond donors (Lipinski definition) is 0. The van der Waals surface area contributed by atoms with Crippen LogP contribution in [0.3, 0.4) is 0 Å². The molecule has 0 bridgehead atoms. The molecule has 0 fully saturated rings. The molecule has 2 aromatic heterocycles. The van der Waals surface area contributed by atoms with E-state index in [-0.39, 0.29) is 0 Å². The molecule has 0 unspecified atom stereocenters. The lowest BCUT2D eigenvalue weighted by atomic mass is 10.1. The lowest BCUT2D eigenvalue weighted by Crippen LogP contribution is -1.87. The molecule has 2 nitrogen and oxygen atoms in total. The predicted octanol–water partition coefficient (Wildman–Crippen LogP) is 3.69. The van der Waals surface area contributed by atoms with Crippen molar-refractivity contribution in [3.63, 3.8) is 0 Å². The average Bonchev–Trinajstić information content (AvgIpc) is 2.31. The number of nitrogens with zero attached hydrogens (tertiary/aromatic N) is 2. The third kappa shape index (κ3) is 2.36. The molecule has 0 saturated heterocycles. The Morgan fingerprint density at radius 2 is 2.13 bits per heavy atom. The van der Waals surface area contributed by atoms with Crippen LogP contribution >= 0.6 is 27.5 Å². The van der Waals surface area contributed by atoms with Crippen molar-refractivity contribution in [2.24, 2.45) is 0 Å². The minimum absolute atomic E-state index is 0.541. The van der Waals surface area contributed by atoms with Gasteiger partial charge in [0.25, 0.3) is 0 Å². The average molecular weight is 284 g/mol.